The number of benzene rings is 2. The van der Waals surface area contributed by atoms with Gasteiger partial charge in [-0.15, -0.1) is 0 Å². The fraction of sp³-hybridized carbons (Fsp3) is 0.158. The topological polar surface area (TPSA) is 102 Å². The molecule has 1 aliphatic heterocycles. The van der Waals surface area contributed by atoms with E-state index >= 15 is 0 Å². The molecule has 0 radical (unpaired) electrons. The SMILES string of the molecule is O=C1OCC(OCCOC(=O)c2ccc(O)c(O)c2)=C1c1ccccc1. The lowest BCUT2D eigenvalue weighted by Gasteiger charge is -2.09. The lowest BCUT2D eigenvalue weighted by Crippen LogP contribution is -2.11. The van der Waals surface area contributed by atoms with E-state index in [0.717, 1.165) is 6.07 Å². The second-order valence-electron chi connectivity index (χ2n) is 5.43. The van der Waals surface area contributed by atoms with Crippen molar-refractivity contribution < 1.29 is 34.0 Å². The molecule has 134 valence electrons. The minimum absolute atomic E-state index is 0.0306. The van der Waals surface area contributed by atoms with E-state index in [9.17, 15) is 19.8 Å². The van der Waals surface area contributed by atoms with Gasteiger partial charge in [-0.3, -0.25) is 0 Å². The first kappa shape index (κ1) is 17.3. The quantitative estimate of drug-likeness (QED) is 0.465. The highest BCUT2D eigenvalue weighted by Crippen LogP contribution is 2.27. The van der Waals surface area contributed by atoms with Crippen molar-refractivity contribution in [2.24, 2.45) is 0 Å². The van der Waals surface area contributed by atoms with Crippen molar-refractivity contribution in [1.29, 1.82) is 0 Å². The molecule has 0 amide bonds. The van der Waals surface area contributed by atoms with Crippen molar-refractivity contribution in [3.63, 3.8) is 0 Å². The molecule has 1 heterocycles. The van der Waals surface area contributed by atoms with Gasteiger partial charge >= 0.3 is 11.9 Å². The van der Waals surface area contributed by atoms with E-state index in [0.29, 0.717) is 16.9 Å². The summed E-state index contributed by atoms with van der Waals surface area (Å²) in [4.78, 5) is 23.8. The maximum absolute atomic E-state index is 11.9. The largest absolute Gasteiger partial charge is 0.504 e. The lowest BCUT2D eigenvalue weighted by molar-refractivity contribution is -0.134. The third-order valence-corrected chi connectivity index (χ3v) is 3.68. The maximum Gasteiger partial charge on any atom is 0.342 e. The van der Waals surface area contributed by atoms with Gasteiger partial charge in [-0.25, -0.2) is 9.59 Å². The normalized spacial score (nSPS) is 13.5. The molecule has 0 aliphatic carbocycles. The van der Waals surface area contributed by atoms with Gasteiger partial charge in [0, 0.05) is 0 Å². The zero-order valence-electron chi connectivity index (χ0n) is 13.7. The van der Waals surface area contributed by atoms with Crippen LogP contribution < -0.4 is 0 Å². The minimum Gasteiger partial charge on any atom is -0.504 e. The Kier molecular flexibility index (Phi) is 5.07. The molecule has 0 spiro atoms. The van der Waals surface area contributed by atoms with Crippen LogP contribution in [0.3, 0.4) is 0 Å². The van der Waals surface area contributed by atoms with Gasteiger partial charge in [0.05, 0.1) is 5.56 Å². The molecule has 26 heavy (non-hydrogen) atoms. The summed E-state index contributed by atoms with van der Waals surface area (Å²) in [6, 6.07) is 12.6. The summed E-state index contributed by atoms with van der Waals surface area (Å²) >= 11 is 0. The number of rotatable bonds is 6. The highest BCUT2D eigenvalue weighted by atomic mass is 16.6. The van der Waals surface area contributed by atoms with Crippen molar-refractivity contribution in [2.45, 2.75) is 0 Å². The van der Waals surface area contributed by atoms with Gasteiger partial charge < -0.3 is 24.4 Å². The monoisotopic (exact) mass is 356 g/mol. The van der Waals surface area contributed by atoms with Crippen LogP contribution in [0.2, 0.25) is 0 Å². The van der Waals surface area contributed by atoms with Crippen molar-refractivity contribution in [2.75, 3.05) is 19.8 Å². The summed E-state index contributed by atoms with van der Waals surface area (Å²) < 4.78 is 15.6. The molecule has 0 saturated carbocycles. The molecule has 0 bridgehead atoms. The summed E-state index contributed by atoms with van der Waals surface area (Å²) in [7, 11) is 0. The van der Waals surface area contributed by atoms with E-state index in [-0.39, 0.29) is 31.1 Å². The molecule has 0 unspecified atom stereocenters. The zero-order valence-corrected chi connectivity index (χ0v) is 13.7. The number of carbonyl (C=O) groups is 2. The van der Waals surface area contributed by atoms with Gasteiger partial charge in [0.15, 0.2) is 11.5 Å². The van der Waals surface area contributed by atoms with Crippen molar-refractivity contribution >= 4 is 17.5 Å². The predicted octanol–water partition coefficient (Wildman–Crippen LogP) is 2.24. The van der Waals surface area contributed by atoms with Crippen LogP contribution in [0, 0.1) is 0 Å². The molecule has 2 aromatic carbocycles. The number of phenols is 2. The Morgan fingerprint density at radius 1 is 1.04 bits per heavy atom. The summed E-state index contributed by atoms with van der Waals surface area (Å²) in [6.07, 6.45) is 0. The van der Waals surface area contributed by atoms with Crippen LogP contribution in [-0.4, -0.2) is 42.0 Å². The van der Waals surface area contributed by atoms with Gasteiger partial charge in [-0.1, -0.05) is 30.3 Å². The molecule has 0 saturated heterocycles. The fourth-order valence-corrected chi connectivity index (χ4v) is 2.42. The first-order chi connectivity index (χ1) is 12.6. The molecule has 2 aromatic rings. The molecule has 0 fully saturated rings. The van der Waals surface area contributed by atoms with E-state index in [1.807, 2.05) is 6.07 Å². The van der Waals surface area contributed by atoms with Crippen LogP contribution in [0.15, 0.2) is 54.3 Å². The second-order valence-corrected chi connectivity index (χ2v) is 5.43. The number of carbonyl (C=O) groups excluding carboxylic acids is 2. The van der Waals surface area contributed by atoms with Crippen LogP contribution in [-0.2, 0) is 19.0 Å². The number of phenolic OH excluding ortho intramolecular Hbond substituents is 2. The number of aromatic hydroxyl groups is 2. The van der Waals surface area contributed by atoms with Crippen molar-refractivity contribution in [3.8, 4) is 11.5 Å². The number of hydrogen-bond acceptors (Lipinski definition) is 7. The molecule has 7 nitrogen and oxygen atoms in total. The van der Waals surface area contributed by atoms with E-state index in [1.165, 1.54) is 12.1 Å². The number of cyclic esters (lactones) is 1. The maximum atomic E-state index is 11.9. The predicted molar refractivity (Wildman–Crippen MR) is 90.3 cm³/mol. The Balaban J connectivity index is 1.57. The lowest BCUT2D eigenvalue weighted by atomic mass is 10.1. The summed E-state index contributed by atoms with van der Waals surface area (Å²) in [6.45, 7) is 0.0151. The molecular weight excluding hydrogens is 340 g/mol. The average molecular weight is 356 g/mol. The third kappa shape index (κ3) is 3.77. The van der Waals surface area contributed by atoms with E-state index in [2.05, 4.69) is 0 Å². The van der Waals surface area contributed by atoms with Crippen LogP contribution in [0.1, 0.15) is 15.9 Å². The van der Waals surface area contributed by atoms with Gasteiger partial charge in [0.2, 0.25) is 0 Å². The molecule has 1 aliphatic rings. The average Bonchev–Trinajstić information content (AvgIpc) is 3.02. The van der Waals surface area contributed by atoms with Crippen LogP contribution in [0.4, 0.5) is 0 Å². The number of ether oxygens (including phenoxy) is 3. The van der Waals surface area contributed by atoms with Crippen molar-refractivity contribution in [3.05, 3.63) is 65.4 Å². The third-order valence-electron chi connectivity index (χ3n) is 3.68. The zero-order chi connectivity index (χ0) is 18.5. The van der Waals surface area contributed by atoms with Gasteiger partial charge in [0.1, 0.15) is 31.2 Å². The minimum atomic E-state index is -0.667. The molecule has 2 N–H and O–H groups in total. The highest BCUT2D eigenvalue weighted by Gasteiger charge is 2.27. The van der Waals surface area contributed by atoms with Crippen LogP contribution >= 0.6 is 0 Å². The first-order valence-electron chi connectivity index (χ1n) is 7.84. The summed E-state index contributed by atoms with van der Waals surface area (Å²) in [5.74, 6) is -1.46. The second kappa shape index (κ2) is 7.60. The van der Waals surface area contributed by atoms with E-state index < -0.39 is 17.7 Å². The first-order valence-corrected chi connectivity index (χ1v) is 7.84. The Morgan fingerprint density at radius 3 is 2.54 bits per heavy atom. The Labute approximate surface area is 149 Å². The smallest absolute Gasteiger partial charge is 0.342 e. The molecule has 0 atom stereocenters. The molecule has 7 heteroatoms. The number of esters is 2. The highest BCUT2D eigenvalue weighted by molar-refractivity contribution is 6.18. The van der Waals surface area contributed by atoms with Gasteiger partial charge in [-0.05, 0) is 23.8 Å². The Hall–Kier alpha value is -3.48. The Bertz CT molecular complexity index is 855. The molecule has 3 rings (SSSR count). The van der Waals surface area contributed by atoms with E-state index in [1.54, 1.807) is 24.3 Å². The van der Waals surface area contributed by atoms with Gasteiger partial charge in [0.25, 0.3) is 0 Å². The van der Waals surface area contributed by atoms with Crippen molar-refractivity contribution in [1.82, 2.24) is 0 Å². The summed E-state index contributed by atoms with van der Waals surface area (Å²) in [5.41, 5.74) is 1.16. The van der Waals surface area contributed by atoms with E-state index in [4.69, 9.17) is 14.2 Å². The van der Waals surface area contributed by atoms with Crippen LogP contribution in [0.25, 0.3) is 5.57 Å². The fourth-order valence-electron chi connectivity index (χ4n) is 2.42. The molecular formula is C19H16O7. The number of hydrogen-bond donors (Lipinski definition) is 2. The summed E-state index contributed by atoms with van der Waals surface area (Å²) in [5, 5.41) is 18.6. The molecule has 0 aromatic heterocycles. The van der Waals surface area contributed by atoms with Crippen LogP contribution in [0.5, 0.6) is 11.5 Å². The van der Waals surface area contributed by atoms with Gasteiger partial charge in [-0.2, -0.15) is 0 Å². The Morgan fingerprint density at radius 2 is 1.81 bits per heavy atom. The standard InChI is InChI=1S/C19H16O7/c20-14-7-6-13(10-15(14)21)18(22)25-9-8-24-16-11-26-19(23)17(16)12-4-2-1-3-5-12/h1-7,10,20-21H,8-9,11H2.